The number of nitrogens with one attached hydrogen (secondary N) is 1. The lowest BCUT2D eigenvalue weighted by Gasteiger charge is -2.31. The van der Waals surface area contributed by atoms with Crippen LogP contribution in [-0.2, 0) is 22.7 Å². The van der Waals surface area contributed by atoms with E-state index in [9.17, 15) is 9.59 Å². The van der Waals surface area contributed by atoms with Gasteiger partial charge in [-0.3, -0.25) is 14.5 Å². The summed E-state index contributed by atoms with van der Waals surface area (Å²) in [5, 5.41) is 11.3. The Bertz CT molecular complexity index is 1510. The third-order valence-corrected chi connectivity index (χ3v) is 6.20. The Morgan fingerprint density at radius 3 is 2.32 bits per heavy atom. The van der Waals surface area contributed by atoms with Gasteiger partial charge < -0.3 is 9.73 Å². The molecule has 1 N–H and O–H groups in total. The number of para-hydroxylation sites is 1. The number of aryl methyl sites for hydroxylation is 2. The van der Waals surface area contributed by atoms with Gasteiger partial charge >= 0.3 is 0 Å². The number of nitrogens with zero attached hydrogens (tertiary/aromatic N) is 4. The van der Waals surface area contributed by atoms with Gasteiger partial charge in [0.05, 0.1) is 18.3 Å². The summed E-state index contributed by atoms with van der Waals surface area (Å²) < 4.78 is 6.95. The predicted octanol–water partition coefficient (Wildman–Crippen LogP) is 4.73. The lowest BCUT2D eigenvalue weighted by atomic mass is 10.0. The van der Waals surface area contributed by atoms with Crippen molar-refractivity contribution in [2.45, 2.75) is 33.0 Å². The average Bonchev–Trinajstić information content (AvgIpc) is 3.58. The van der Waals surface area contributed by atoms with E-state index in [2.05, 4.69) is 15.6 Å². The standard InChI is InChI=1S/C29H27N5O3/c1-20-9-13-22(14-10-20)28(29(36)30-18-24-6-5-17-37-24)34(23-15-11-21(2)12-16-23)27(35)19-33-26-8-4-3-7-25(26)31-32-33/h3-17,28H,18-19H2,1-2H3,(H,30,36). The van der Waals surface area contributed by atoms with Crippen LogP contribution in [-0.4, -0.2) is 26.8 Å². The molecule has 0 fully saturated rings. The van der Waals surface area contributed by atoms with Gasteiger partial charge in [-0.25, -0.2) is 4.68 Å². The molecule has 0 spiro atoms. The van der Waals surface area contributed by atoms with Crippen molar-refractivity contribution in [2.24, 2.45) is 0 Å². The fourth-order valence-corrected chi connectivity index (χ4v) is 4.23. The minimum absolute atomic E-state index is 0.0811. The number of aromatic nitrogens is 3. The van der Waals surface area contributed by atoms with Gasteiger partial charge in [-0.2, -0.15) is 0 Å². The number of fused-ring (bicyclic) bond motifs is 1. The van der Waals surface area contributed by atoms with E-state index in [1.807, 2.05) is 86.6 Å². The van der Waals surface area contributed by atoms with Crippen LogP contribution < -0.4 is 10.2 Å². The zero-order valence-electron chi connectivity index (χ0n) is 20.7. The molecule has 0 saturated carbocycles. The molecular weight excluding hydrogens is 466 g/mol. The van der Waals surface area contributed by atoms with Gasteiger partial charge in [-0.15, -0.1) is 5.10 Å². The van der Waals surface area contributed by atoms with Crippen LogP contribution in [0.5, 0.6) is 0 Å². The fourth-order valence-electron chi connectivity index (χ4n) is 4.23. The van der Waals surface area contributed by atoms with Gasteiger partial charge in [0.25, 0.3) is 0 Å². The van der Waals surface area contributed by atoms with Gasteiger partial charge in [0, 0.05) is 5.69 Å². The molecular formula is C29H27N5O3. The van der Waals surface area contributed by atoms with E-state index in [1.165, 1.54) is 4.90 Å². The summed E-state index contributed by atoms with van der Waals surface area (Å²) in [6.45, 7) is 4.08. The van der Waals surface area contributed by atoms with Crippen LogP contribution in [0.3, 0.4) is 0 Å². The number of anilines is 1. The van der Waals surface area contributed by atoms with E-state index in [-0.39, 0.29) is 24.9 Å². The maximum atomic E-state index is 14.0. The summed E-state index contributed by atoms with van der Waals surface area (Å²) in [6.07, 6.45) is 1.56. The van der Waals surface area contributed by atoms with Crippen LogP contribution in [0, 0.1) is 13.8 Å². The van der Waals surface area contributed by atoms with Crippen molar-refractivity contribution in [3.8, 4) is 0 Å². The first-order valence-corrected chi connectivity index (χ1v) is 12.0. The van der Waals surface area contributed by atoms with Gasteiger partial charge in [0.2, 0.25) is 11.8 Å². The van der Waals surface area contributed by atoms with Crippen molar-refractivity contribution in [3.63, 3.8) is 0 Å². The number of benzene rings is 3. The number of carbonyl (C=O) groups excluding carboxylic acids is 2. The van der Waals surface area contributed by atoms with E-state index < -0.39 is 6.04 Å². The normalized spacial score (nSPS) is 11.8. The molecule has 3 aromatic carbocycles. The van der Waals surface area contributed by atoms with Crippen molar-refractivity contribution >= 4 is 28.5 Å². The molecule has 2 heterocycles. The Labute approximate surface area is 214 Å². The first-order valence-electron chi connectivity index (χ1n) is 12.0. The molecule has 0 aliphatic heterocycles. The van der Waals surface area contributed by atoms with Gasteiger partial charge in [0.1, 0.15) is 23.9 Å². The average molecular weight is 494 g/mol. The smallest absolute Gasteiger partial charge is 0.249 e. The van der Waals surface area contributed by atoms with Crippen molar-refractivity contribution < 1.29 is 14.0 Å². The number of amides is 2. The van der Waals surface area contributed by atoms with Crippen molar-refractivity contribution in [1.29, 1.82) is 0 Å². The van der Waals surface area contributed by atoms with Crippen molar-refractivity contribution in [3.05, 3.63) is 114 Å². The quantitative estimate of drug-likeness (QED) is 0.337. The summed E-state index contributed by atoms with van der Waals surface area (Å²) >= 11 is 0. The molecule has 0 aliphatic rings. The topological polar surface area (TPSA) is 93.3 Å². The molecule has 186 valence electrons. The molecule has 8 heteroatoms. The number of carbonyl (C=O) groups is 2. The van der Waals surface area contributed by atoms with Crippen molar-refractivity contribution in [1.82, 2.24) is 20.3 Å². The number of furan rings is 1. The van der Waals surface area contributed by atoms with Crippen LogP contribution in [0.2, 0.25) is 0 Å². The summed E-state index contributed by atoms with van der Waals surface area (Å²) in [6, 6.07) is 25.3. The highest BCUT2D eigenvalue weighted by Gasteiger charge is 2.33. The third kappa shape index (κ3) is 5.28. The van der Waals surface area contributed by atoms with Crippen LogP contribution in [0.4, 0.5) is 5.69 Å². The third-order valence-electron chi connectivity index (χ3n) is 6.20. The summed E-state index contributed by atoms with van der Waals surface area (Å²) in [7, 11) is 0. The van der Waals surface area contributed by atoms with Gasteiger partial charge in [0.15, 0.2) is 0 Å². The summed E-state index contributed by atoms with van der Waals surface area (Å²) in [5.41, 5.74) is 4.85. The highest BCUT2D eigenvalue weighted by Crippen LogP contribution is 2.29. The Kier molecular flexibility index (Phi) is 6.81. The van der Waals surface area contributed by atoms with Crippen LogP contribution in [0.25, 0.3) is 11.0 Å². The largest absolute Gasteiger partial charge is 0.467 e. The number of rotatable bonds is 8. The molecule has 8 nitrogen and oxygen atoms in total. The predicted molar refractivity (Wildman–Crippen MR) is 141 cm³/mol. The van der Waals surface area contributed by atoms with Crippen LogP contribution in [0.15, 0.2) is 95.6 Å². The molecule has 0 radical (unpaired) electrons. The van der Waals surface area contributed by atoms with Gasteiger partial charge in [-0.1, -0.05) is 64.9 Å². The van der Waals surface area contributed by atoms with E-state index in [0.29, 0.717) is 22.5 Å². The zero-order chi connectivity index (χ0) is 25.8. The number of hydrogen-bond donors (Lipinski definition) is 1. The number of hydrogen-bond acceptors (Lipinski definition) is 5. The molecule has 37 heavy (non-hydrogen) atoms. The second kappa shape index (κ2) is 10.5. The van der Waals surface area contributed by atoms with Crippen molar-refractivity contribution in [2.75, 3.05) is 4.90 Å². The van der Waals surface area contributed by atoms with E-state index in [1.54, 1.807) is 23.1 Å². The molecule has 2 aromatic heterocycles. The van der Waals surface area contributed by atoms with Crippen LogP contribution >= 0.6 is 0 Å². The molecule has 0 saturated heterocycles. The summed E-state index contributed by atoms with van der Waals surface area (Å²) in [4.78, 5) is 29.3. The second-order valence-electron chi connectivity index (χ2n) is 8.95. The molecule has 1 unspecified atom stereocenters. The minimum atomic E-state index is -0.916. The molecule has 2 amide bonds. The van der Waals surface area contributed by atoms with E-state index in [0.717, 1.165) is 16.6 Å². The highest BCUT2D eigenvalue weighted by atomic mass is 16.3. The minimum Gasteiger partial charge on any atom is -0.467 e. The Hall–Kier alpha value is -4.72. The molecule has 0 aliphatic carbocycles. The lowest BCUT2D eigenvalue weighted by molar-refractivity contribution is -0.127. The second-order valence-corrected chi connectivity index (χ2v) is 8.95. The van der Waals surface area contributed by atoms with E-state index in [4.69, 9.17) is 4.42 Å². The first-order chi connectivity index (χ1) is 18.0. The van der Waals surface area contributed by atoms with Gasteiger partial charge in [-0.05, 0) is 55.8 Å². The maximum Gasteiger partial charge on any atom is 0.249 e. The molecule has 5 rings (SSSR count). The Morgan fingerprint density at radius 1 is 0.919 bits per heavy atom. The fraction of sp³-hybridized carbons (Fsp3) is 0.172. The first kappa shape index (κ1) is 24.0. The Balaban J connectivity index is 1.55. The zero-order valence-corrected chi connectivity index (χ0v) is 20.7. The SMILES string of the molecule is Cc1ccc(C(C(=O)NCc2ccco2)N(C(=O)Cn2nnc3ccccc32)c2ccc(C)cc2)cc1. The monoisotopic (exact) mass is 493 g/mol. The molecule has 1 atom stereocenters. The highest BCUT2D eigenvalue weighted by molar-refractivity contribution is 6.01. The molecule has 0 bridgehead atoms. The van der Waals surface area contributed by atoms with Crippen LogP contribution in [0.1, 0.15) is 28.5 Å². The molecule has 5 aromatic rings. The van der Waals surface area contributed by atoms with E-state index >= 15 is 0 Å². The Morgan fingerprint density at radius 2 is 1.62 bits per heavy atom. The summed E-state index contributed by atoms with van der Waals surface area (Å²) in [5.74, 6) is 0.00848. The maximum absolute atomic E-state index is 14.0. The lowest BCUT2D eigenvalue weighted by Crippen LogP contribution is -2.45.